The summed E-state index contributed by atoms with van der Waals surface area (Å²) in [6, 6.07) is 11.9. The molecule has 1 amide bonds. The number of benzene rings is 2. The van der Waals surface area contributed by atoms with Crippen LogP contribution in [-0.4, -0.2) is 56.4 Å². The molecule has 2 N–H and O–H groups in total. The molecule has 0 unspecified atom stereocenters. The second-order valence-corrected chi connectivity index (χ2v) is 11.2. The Morgan fingerprint density at radius 1 is 1.00 bits per heavy atom. The van der Waals surface area contributed by atoms with E-state index in [0.717, 1.165) is 0 Å². The van der Waals surface area contributed by atoms with Gasteiger partial charge in [-0.25, -0.2) is 13.1 Å². The Kier molecular flexibility index (Phi) is 9.91. The van der Waals surface area contributed by atoms with Crippen molar-refractivity contribution < 1.29 is 58.2 Å². The van der Waals surface area contributed by atoms with Gasteiger partial charge in [-0.1, -0.05) is 30.7 Å². The third-order valence-corrected chi connectivity index (χ3v) is 7.73. The predicted molar refractivity (Wildman–Crippen MR) is 131 cm³/mol. The molecule has 1 saturated carbocycles. The molecule has 0 aromatic heterocycles. The van der Waals surface area contributed by atoms with Crippen molar-refractivity contribution in [3.05, 3.63) is 48.5 Å². The topological polar surface area (TPSA) is 95.9 Å². The number of anilines is 1. The van der Waals surface area contributed by atoms with Crippen molar-refractivity contribution in [3.63, 3.8) is 0 Å². The molecule has 1 fully saturated rings. The molecule has 16 heteroatoms. The average Bonchev–Trinajstić information content (AvgIpc) is 2.84. The van der Waals surface area contributed by atoms with Gasteiger partial charge in [-0.05, 0) is 61.1 Å². The first-order valence-electron chi connectivity index (χ1n) is 12.3. The molecule has 1 aliphatic rings. The molecule has 1 aliphatic carbocycles. The van der Waals surface area contributed by atoms with Crippen molar-refractivity contribution in [2.75, 3.05) is 18.0 Å². The predicted octanol–water partition coefficient (Wildman–Crippen LogP) is 5.60. The zero-order chi connectivity index (χ0) is 30.6. The van der Waals surface area contributed by atoms with Gasteiger partial charge in [0.1, 0.15) is 5.75 Å². The average molecular weight is 619 g/mol. The summed E-state index contributed by atoms with van der Waals surface area (Å²) in [6.45, 7) is -3.59. The van der Waals surface area contributed by atoms with Gasteiger partial charge >= 0.3 is 28.3 Å². The third-order valence-electron chi connectivity index (χ3n) is 6.54. The van der Waals surface area contributed by atoms with E-state index in [4.69, 9.17) is 0 Å². The molecule has 41 heavy (non-hydrogen) atoms. The molecule has 7 nitrogen and oxygen atoms in total. The third kappa shape index (κ3) is 8.07. The quantitative estimate of drug-likeness (QED) is 0.239. The number of hydrogen-bond acceptors (Lipinski definition) is 5. The Labute approximate surface area is 230 Å². The van der Waals surface area contributed by atoms with E-state index >= 15 is 0 Å². The lowest BCUT2D eigenvalue weighted by molar-refractivity contribution is -0.295. The lowest BCUT2D eigenvalue weighted by Crippen LogP contribution is -2.59. The van der Waals surface area contributed by atoms with Gasteiger partial charge in [0.2, 0.25) is 5.91 Å². The van der Waals surface area contributed by atoms with Crippen LogP contribution in [0.25, 0.3) is 11.1 Å². The fourth-order valence-corrected chi connectivity index (χ4v) is 4.87. The highest BCUT2D eigenvalue weighted by atomic mass is 32.2. The summed E-state index contributed by atoms with van der Waals surface area (Å²) in [4.78, 5) is 14.4. The van der Waals surface area contributed by atoms with E-state index in [1.807, 2.05) is 0 Å². The van der Waals surface area contributed by atoms with Gasteiger partial charge in [0.05, 0.1) is 0 Å². The molecule has 0 aliphatic heterocycles. The molecule has 228 valence electrons. The van der Waals surface area contributed by atoms with E-state index in [-0.39, 0.29) is 37.2 Å². The van der Waals surface area contributed by atoms with Crippen LogP contribution in [0.5, 0.6) is 5.75 Å². The van der Waals surface area contributed by atoms with Crippen molar-refractivity contribution in [2.45, 2.75) is 56.0 Å². The molecular formula is C25H26F8N2O5S. The van der Waals surface area contributed by atoms with E-state index in [0.29, 0.717) is 11.1 Å². The van der Waals surface area contributed by atoms with Crippen LogP contribution in [0, 0.1) is 5.92 Å². The molecule has 0 atom stereocenters. The molecule has 0 bridgehead atoms. The SMILES string of the molecule is O=C(C1CC(O)(C(F)(F)F)C1)N(CCCCCNS(=O)(=O)C(F)(F)F)c1cccc(-c2ccc(OC(F)F)cc2)c1. The standard InChI is InChI=1S/C25H26F8N2O5S/c26-22(27)40-20-9-7-16(8-10-20)17-5-4-6-19(13-17)35(21(36)18-14-23(37,15-18)24(28,29)30)12-3-1-2-11-34-41(38,39)25(31,32)33/h4-10,13,18,22,34,37H,1-3,11-12,14-15H2. The number of unbranched alkanes of at least 4 members (excludes halogenated alkanes) is 2. The highest BCUT2D eigenvalue weighted by molar-refractivity contribution is 7.90. The van der Waals surface area contributed by atoms with Gasteiger partial charge < -0.3 is 14.7 Å². The van der Waals surface area contributed by atoms with Gasteiger partial charge in [0, 0.05) is 24.7 Å². The molecular weight excluding hydrogens is 592 g/mol. The number of hydrogen-bond donors (Lipinski definition) is 2. The van der Waals surface area contributed by atoms with Crippen LogP contribution in [0.3, 0.4) is 0 Å². The first-order valence-corrected chi connectivity index (χ1v) is 13.7. The number of carbonyl (C=O) groups is 1. The highest BCUT2D eigenvalue weighted by Gasteiger charge is 2.63. The highest BCUT2D eigenvalue weighted by Crippen LogP contribution is 2.49. The van der Waals surface area contributed by atoms with Gasteiger partial charge in [0.25, 0.3) is 0 Å². The van der Waals surface area contributed by atoms with E-state index in [9.17, 15) is 53.4 Å². The van der Waals surface area contributed by atoms with Crippen LogP contribution in [0.4, 0.5) is 40.8 Å². The second kappa shape index (κ2) is 12.5. The molecule has 0 saturated heterocycles. The number of aliphatic hydroxyl groups is 1. The minimum atomic E-state index is -5.50. The maximum absolute atomic E-state index is 13.2. The summed E-state index contributed by atoms with van der Waals surface area (Å²) in [5, 5.41) is 9.80. The molecule has 0 radical (unpaired) electrons. The van der Waals surface area contributed by atoms with Crippen LogP contribution in [0.15, 0.2) is 48.5 Å². The zero-order valence-electron chi connectivity index (χ0n) is 21.2. The maximum atomic E-state index is 13.2. The number of alkyl halides is 8. The van der Waals surface area contributed by atoms with E-state index in [2.05, 4.69) is 4.74 Å². The first-order chi connectivity index (χ1) is 18.9. The van der Waals surface area contributed by atoms with E-state index in [1.54, 1.807) is 18.2 Å². The fraction of sp³-hybridized carbons (Fsp3) is 0.480. The summed E-state index contributed by atoms with van der Waals surface area (Å²) in [5.74, 6) is -1.93. The van der Waals surface area contributed by atoms with Crippen LogP contribution >= 0.6 is 0 Å². The van der Waals surface area contributed by atoms with Crippen molar-refractivity contribution >= 4 is 21.6 Å². The number of amides is 1. The number of nitrogens with zero attached hydrogens (tertiary/aromatic N) is 1. The molecule has 2 aromatic rings. The summed E-state index contributed by atoms with van der Waals surface area (Å²) in [5.41, 5.74) is -7.09. The van der Waals surface area contributed by atoms with Gasteiger partial charge in [0.15, 0.2) is 5.60 Å². The van der Waals surface area contributed by atoms with E-state index in [1.165, 1.54) is 40.0 Å². The van der Waals surface area contributed by atoms with Crippen LogP contribution in [0.1, 0.15) is 32.1 Å². The zero-order valence-corrected chi connectivity index (χ0v) is 22.0. The summed E-state index contributed by atoms with van der Waals surface area (Å²) < 4.78 is 129. The van der Waals surface area contributed by atoms with Crippen molar-refractivity contribution in [1.29, 1.82) is 0 Å². The van der Waals surface area contributed by atoms with Crippen LogP contribution < -0.4 is 14.4 Å². The van der Waals surface area contributed by atoms with Gasteiger partial charge in [-0.2, -0.15) is 35.1 Å². The summed E-state index contributed by atoms with van der Waals surface area (Å²) >= 11 is 0. The second-order valence-electron chi connectivity index (χ2n) is 9.48. The number of sulfonamides is 1. The smallest absolute Gasteiger partial charge is 0.435 e. The van der Waals surface area contributed by atoms with Crippen molar-refractivity contribution in [2.24, 2.45) is 5.92 Å². The number of ether oxygens (including phenoxy) is 1. The maximum Gasteiger partial charge on any atom is 0.511 e. The van der Waals surface area contributed by atoms with Crippen molar-refractivity contribution in [1.82, 2.24) is 4.72 Å². The van der Waals surface area contributed by atoms with Gasteiger partial charge in [-0.15, -0.1) is 0 Å². The lowest BCUT2D eigenvalue weighted by atomic mass is 9.69. The number of halogens is 8. The summed E-state index contributed by atoms with van der Waals surface area (Å²) in [6.07, 6.45) is -6.26. The first kappa shape index (κ1) is 32.5. The van der Waals surface area contributed by atoms with E-state index < -0.39 is 65.1 Å². The monoisotopic (exact) mass is 618 g/mol. The number of nitrogens with one attached hydrogen (secondary N) is 1. The largest absolute Gasteiger partial charge is 0.511 e. The molecule has 0 heterocycles. The Hall–Kier alpha value is -2.98. The Bertz CT molecular complexity index is 1290. The Morgan fingerprint density at radius 3 is 2.20 bits per heavy atom. The fourth-order valence-electron chi connectivity index (χ4n) is 4.29. The normalized spacial score (nSPS) is 19.6. The number of rotatable bonds is 12. The molecule has 3 rings (SSSR count). The van der Waals surface area contributed by atoms with Gasteiger partial charge in [-0.3, -0.25) is 4.79 Å². The number of carbonyl (C=O) groups excluding carboxylic acids is 1. The minimum absolute atomic E-state index is 0.0122. The Morgan fingerprint density at radius 2 is 1.63 bits per heavy atom. The summed E-state index contributed by atoms with van der Waals surface area (Å²) in [7, 11) is -5.50. The lowest BCUT2D eigenvalue weighted by Gasteiger charge is -2.45. The van der Waals surface area contributed by atoms with Crippen molar-refractivity contribution in [3.8, 4) is 16.9 Å². The molecule has 2 aromatic carbocycles. The molecule has 0 spiro atoms. The van der Waals surface area contributed by atoms with Crippen LogP contribution in [0.2, 0.25) is 0 Å². The Balaban J connectivity index is 1.73. The minimum Gasteiger partial charge on any atom is -0.435 e. The van der Waals surface area contributed by atoms with Crippen LogP contribution in [-0.2, 0) is 14.8 Å².